The molecule has 0 radical (unpaired) electrons. The molecular formula is C12H21N3O2. The monoisotopic (exact) mass is 239 g/mol. The van der Waals surface area contributed by atoms with E-state index in [1.807, 2.05) is 13.8 Å². The van der Waals surface area contributed by atoms with Gasteiger partial charge in [0.1, 0.15) is 18.5 Å². The molecule has 0 amide bonds. The summed E-state index contributed by atoms with van der Waals surface area (Å²) >= 11 is 0. The van der Waals surface area contributed by atoms with Crippen molar-refractivity contribution in [3.63, 3.8) is 0 Å². The number of benzene rings is 1. The van der Waals surface area contributed by atoms with Crippen LogP contribution < -0.4 is 21.5 Å². The standard InChI is InChI=1S/C12H21N3O2/c1-8(2)15-6-9(16)7-17-11-5-3-4-10(13)12(11)14/h3-5,8-9,15-16H,6-7,13-14H2,1-2H3. The fraction of sp³-hybridized carbons (Fsp3) is 0.500. The molecule has 1 unspecified atom stereocenters. The first-order valence-electron chi connectivity index (χ1n) is 5.69. The van der Waals surface area contributed by atoms with Crippen LogP contribution in [0.2, 0.25) is 0 Å². The van der Waals surface area contributed by atoms with Gasteiger partial charge in [-0.05, 0) is 12.1 Å². The second-order valence-electron chi connectivity index (χ2n) is 4.29. The Morgan fingerprint density at radius 2 is 2.06 bits per heavy atom. The van der Waals surface area contributed by atoms with Crippen molar-refractivity contribution < 1.29 is 9.84 Å². The van der Waals surface area contributed by atoms with Crippen LogP contribution >= 0.6 is 0 Å². The molecule has 5 heteroatoms. The molecule has 0 heterocycles. The Bertz CT molecular complexity index is 356. The maximum absolute atomic E-state index is 9.66. The third-order valence-corrected chi connectivity index (χ3v) is 2.29. The van der Waals surface area contributed by atoms with E-state index in [0.29, 0.717) is 29.7 Å². The van der Waals surface area contributed by atoms with Gasteiger partial charge in [-0.1, -0.05) is 19.9 Å². The summed E-state index contributed by atoms with van der Waals surface area (Å²) in [6.07, 6.45) is -0.571. The van der Waals surface area contributed by atoms with Crippen molar-refractivity contribution >= 4 is 11.4 Å². The molecule has 1 aromatic carbocycles. The Kier molecular flexibility index (Phi) is 5.06. The fourth-order valence-electron chi connectivity index (χ4n) is 1.30. The van der Waals surface area contributed by atoms with E-state index < -0.39 is 6.10 Å². The lowest BCUT2D eigenvalue weighted by Gasteiger charge is -2.16. The second-order valence-corrected chi connectivity index (χ2v) is 4.29. The van der Waals surface area contributed by atoms with Crippen molar-refractivity contribution in [2.24, 2.45) is 0 Å². The van der Waals surface area contributed by atoms with Crippen molar-refractivity contribution in [1.29, 1.82) is 0 Å². The number of hydrogen-bond acceptors (Lipinski definition) is 5. The van der Waals surface area contributed by atoms with Gasteiger partial charge in [-0.2, -0.15) is 0 Å². The highest BCUT2D eigenvalue weighted by Crippen LogP contribution is 2.26. The van der Waals surface area contributed by atoms with E-state index in [-0.39, 0.29) is 6.61 Å². The zero-order chi connectivity index (χ0) is 12.8. The van der Waals surface area contributed by atoms with Gasteiger partial charge in [0.2, 0.25) is 0 Å². The topological polar surface area (TPSA) is 93.5 Å². The lowest BCUT2D eigenvalue weighted by atomic mass is 10.2. The Labute approximate surface area is 102 Å². The first kappa shape index (κ1) is 13.6. The number of anilines is 2. The van der Waals surface area contributed by atoms with Gasteiger partial charge in [0.15, 0.2) is 0 Å². The Balaban J connectivity index is 2.42. The van der Waals surface area contributed by atoms with Gasteiger partial charge in [0.25, 0.3) is 0 Å². The lowest BCUT2D eigenvalue weighted by molar-refractivity contribution is 0.105. The van der Waals surface area contributed by atoms with Gasteiger partial charge in [0, 0.05) is 12.6 Å². The van der Waals surface area contributed by atoms with E-state index in [0.717, 1.165) is 0 Å². The zero-order valence-corrected chi connectivity index (χ0v) is 10.3. The molecule has 0 spiro atoms. The fourth-order valence-corrected chi connectivity index (χ4v) is 1.30. The summed E-state index contributed by atoms with van der Waals surface area (Å²) in [7, 11) is 0. The van der Waals surface area contributed by atoms with Gasteiger partial charge in [-0.25, -0.2) is 0 Å². The number of ether oxygens (including phenoxy) is 1. The van der Waals surface area contributed by atoms with Crippen molar-refractivity contribution in [3.8, 4) is 5.75 Å². The van der Waals surface area contributed by atoms with E-state index in [1.54, 1.807) is 18.2 Å². The van der Waals surface area contributed by atoms with Crippen molar-refractivity contribution in [1.82, 2.24) is 5.32 Å². The molecule has 5 nitrogen and oxygen atoms in total. The Morgan fingerprint density at radius 3 is 2.71 bits per heavy atom. The number of nitrogens with one attached hydrogen (secondary N) is 1. The third kappa shape index (κ3) is 4.50. The highest BCUT2D eigenvalue weighted by Gasteiger charge is 2.08. The van der Waals surface area contributed by atoms with Crippen molar-refractivity contribution in [3.05, 3.63) is 18.2 Å². The first-order chi connectivity index (χ1) is 8.00. The molecule has 0 aliphatic rings. The quantitative estimate of drug-likeness (QED) is 0.545. The number of nitrogen functional groups attached to an aromatic ring is 2. The summed E-state index contributed by atoms with van der Waals surface area (Å²) in [4.78, 5) is 0. The molecule has 17 heavy (non-hydrogen) atoms. The Hall–Kier alpha value is -1.46. The predicted octanol–water partition coefficient (Wildman–Crippen LogP) is 0.589. The van der Waals surface area contributed by atoms with Crippen LogP contribution in [0, 0.1) is 0 Å². The number of nitrogens with two attached hydrogens (primary N) is 2. The number of rotatable bonds is 6. The minimum atomic E-state index is -0.571. The number of para-hydroxylation sites is 1. The first-order valence-corrected chi connectivity index (χ1v) is 5.69. The van der Waals surface area contributed by atoms with Gasteiger partial charge in [0.05, 0.1) is 11.4 Å². The molecule has 0 fully saturated rings. The normalized spacial score (nSPS) is 12.7. The molecule has 0 saturated heterocycles. The summed E-state index contributed by atoms with van der Waals surface area (Å²) in [6.45, 7) is 4.71. The van der Waals surface area contributed by atoms with Crippen LogP contribution in [0.15, 0.2) is 18.2 Å². The highest BCUT2D eigenvalue weighted by molar-refractivity contribution is 5.70. The molecule has 6 N–H and O–H groups in total. The molecule has 0 aliphatic carbocycles. The van der Waals surface area contributed by atoms with E-state index in [1.165, 1.54) is 0 Å². The van der Waals surface area contributed by atoms with Crippen LogP contribution in [0.25, 0.3) is 0 Å². The summed E-state index contributed by atoms with van der Waals surface area (Å²) < 4.78 is 5.42. The predicted molar refractivity (Wildman–Crippen MR) is 69.9 cm³/mol. The molecule has 96 valence electrons. The van der Waals surface area contributed by atoms with Gasteiger partial charge in [-0.15, -0.1) is 0 Å². The van der Waals surface area contributed by atoms with Gasteiger partial charge < -0.3 is 26.6 Å². The largest absolute Gasteiger partial charge is 0.489 e. The SMILES string of the molecule is CC(C)NCC(O)COc1cccc(N)c1N. The van der Waals surface area contributed by atoms with E-state index in [2.05, 4.69) is 5.32 Å². The molecule has 0 aromatic heterocycles. The van der Waals surface area contributed by atoms with E-state index in [9.17, 15) is 5.11 Å². The molecule has 0 saturated carbocycles. The number of hydrogen-bond donors (Lipinski definition) is 4. The molecule has 0 aliphatic heterocycles. The summed E-state index contributed by atoms with van der Waals surface area (Å²) in [5.74, 6) is 0.508. The molecule has 0 bridgehead atoms. The van der Waals surface area contributed by atoms with Crippen LogP contribution in [0.5, 0.6) is 5.75 Å². The van der Waals surface area contributed by atoms with Crippen LogP contribution in [-0.4, -0.2) is 30.4 Å². The lowest BCUT2D eigenvalue weighted by Crippen LogP contribution is -2.35. The second kappa shape index (κ2) is 6.32. The van der Waals surface area contributed by atoms with Crippen molar-refractivity contribution in [2.45, 2.75) is 26.0 Å². The van der Waals surface area contributed by atoms with Crippen LogP contribution in [-0.2, 0) is 0 Å². The van der Waals surface area contributed by atoms with Crippen LogP contribution in [0.1, 0.15) is 13.8 Å². The van der Waals surface area contributed by atoms with E-state index >= 15 is 0 Å². The Morgan fingerprint density at radius 1 is 1.35 bits per heavy atom. The maximum Gasteiger partial charge on any atom is 0.144 e. The minimum absolute atomic E-state index is 0.188. The van der Waals surface area contributed by atoms with Gasteiger partial charge in [-0.3, -0.25) is 0 Å². The maximum atomic E-state index is 9.66. The third-order valence-electron chi connectivity index (χ3n) is 2.29. The number of aliphatic hydroxyl groups excluding tert-OH is 1. The smallest absolute Gasteiger partial charge is 0.144 e. The molecule has 1 aromatic rings. The molecule has 1 rings (SSSR count). The van der Waals surface area contributed by atoms with E-state index in [4.69, 9.17) is 16.2 Å². The van der Waals surface area contributed by atoms with Crippen LogP contribution in [0.3, 0.4) is 0 Å². The van der Waals surface area contributed by atoms with Crippen molar-refractivity contribution in [2.75, 3.05) is 24.6 Å². The molecular weight excluding hydrogens is 218 g/mol. The van der Waals surface area contributed by atoms with Gasteiger partial charge >= 0.3 is 0 Å². The van der Waals surface area contributed by atoms with Crippen LogP contribution in [0.4, 0.5) is 11.4 Å². The summed E-state index contributed by atoms with van der Waals surface area (Å²) in [5.41, 5.74) is 12.3. The highest BCUT2D eigenvalue weighted by atomic mass is 16.5. The number of aliphatic hydroxyl groups is 1. The minimum Gasteiger partial charge on any atom is -0.489 e. The summed E-state index contributed by atoms with van der Waals surface area (Å²) in [6, 6.07) is 5.54. The zero-order valence-electron chi connectivity index (χ0n) is 10.3. The summed E-state index contributed by atoms with van der Waals surface area (Å²) in [5, 5.41) is 12.8. The average molecular weight is 239 g/mol. The molecule has 1 atom stereocenters. The average Bonchev–Trinajstić information content (AvgIpc) is 2.28.